The van der Waals surface area contributed by atoms with Gasteiger partial charge in [0.15, 0.2) is 5.82 Å². The number of carbonyl (C=O) groups excluding carboxylic acids is 1. The van der Waals surface area contributed by atoms with Gasteiger partial charge < -0.3 is 9.84 Å². The van der Waals surface area contributed by atoms with Gasteiger partial charge in [-0.2, -0.15) is 4.31 Å². The van der Waals surface area contributed by atoms with Crippen molar-refractivity contribution >= 4 is 21.7 Å². The van der Waals surface area contributed by atoms with Crippen molar-refractivity contribution in [2.24, 2.45) is 0 Å². The summed E-state index contributed by atoms with van der Waals surface area (Å²) in [5.74, 6) is -1.54. The molecule has 0 atom stereocenters. The molecule has 0 fully saturated rings. The van der Waals surface area contributed by atoms with Crippen molar-refractivity contribution in [2.45, 2.75) is 18.4 Å². The number of nitrogens with zero attached hydrogens (tertiary/aromatic N) is 2. The summed E-state index contributed by atoms with van der Waals surface area (Å²) in [6.45, 7) is 0.758. The van der Waals surface area contributed by atoms with E-state index in [1.807, 2.05) is 0 Å². The van der Waals surface area contributed by atoms with E-state index in [4.69, 9.17) is 4.52 Å². The summed E-state index contributed by atoms with van der Waals surface area (Å²) in [7, 11) is -4.36. The van der Waals surface area contributed by atoms with Crippen molar-refractivity contribution in [2.75, 3.05) is 11.9 Å². The fourth-order valence-corrected chi connectivity index (χ4v) is 4.03. The van der Waals surface area contributed by atoms with Crippen molar-refractivity contribution in [1.29, 1.82) is 0 Å². The zero-order valence-electron chi connectivity index (χ0n) is 15.3. The Morgan fingerprint density at radius 3 is 2.45 bits per heavy atom. The van der Waals surface area contributed by atoms with Gasteiger partial charge >= 0.3 is 0 Å². The van der Waals surface area contributed by atoms with Crippen LogP contribution in [0.4, 0.5) is 14.6 Å². The van der Waals surface area contributed by atoms with Gasteiger partial charge in [0.2, 0.25) is 15.9 Å². The van der Waals surface area contributed by atoms with Gasteiger partial charge in [-0.3, -0.25) is 4.79 Å². The molecule has 0 radical (unpaired) electrons. The number of halogens is 2. The third-order valence-electron chi connectivity index (χ3n) is 3.94. The van der Waals surface area contributed by atoms with Gasteiger partial charge in [-0.05, 0) is 36.8 Å². The minimum absolute atomic E-state index is 0.123. The van der Waals surface area contributed by atoms with E-state index in [2.05, 4.69) is 10.5 Å². The number of anilines is 1. The normalized spacial score (nSPS) is 11.6. The average Bonchev–Trinajstić information content (AvgIpc) is 3.07. The number of amides is 1. The first-order valence-electron chi connectivity index (χ1n) is 8.48. The molecule has 0 bridgehead atoms. The number of rotatable bonds is 7. The zero-order valence-corrected chi connectivity index (χ0v) is 16.1. The van der Waals surface area contributed by atoms with E-state index >= 15 is 0 Å². The molecule has 0 aliphatic carbocycles. The molecule has 152 valence electrons. The molecule has 0 aliphatic rings. The van der Waals surface area contributed by atoms with E-state index in [9.17, 15) is 22.0 Å². The fourth-order valence-electron chi connectivity index (χ4n) is 2.58. The number of carbonyl (C=O) groups is 1. The molecule has 1 heterocycles. The molecule has 1 N–H and O–H groups in total. The van der Waals surface area contributed by atoms with E-state index in [1.165, 1.54) is 42.5 Å². The van der Waals surface area contributed by atoms with Crippen LogP contribution in [0, 0.1) is 18.6 Å². The van der Waals surface area contributed by atoms with Crippen LogP contribution >= 0.6 is 0 Å². The Labute approximate surface area is 166 Å². The second-order valence-corrected chi connectivity index (χ2v) is 8.11. The van der Waals surface area contributed by atoms with E-state index in [-0.39, 0.29) is 12.4 Å². The first-order chi connectivity index (χ1) is 13.8. The van der Waals surface area contributed by atoms with Crippen molar-refractivity contribution in [1.82, 2.24) is 9.46 Å². The molecule has 3 aromatic rings. The molecule has 0 unspecified atom stereocenters. The SMILES string of the molecule is Cc1cc(NC(=O)CN(Cc2ccc(F)cc2)S(=O)(=O)c2ccccc2F)no1. The predicted octanol–water partition coefficient (Wildman–Crippen LogP) is 3.09. The summed E-state index contributed by atoms with van der Waals surface area (Å²) in [6, 6.07) is 11.4. The number of hydrogen-bond acceptors (Lipinski definition) is 5. The molecule has 10 heteroatoms. The van der Waals surface area contributed by atoms with Gasteiger partial charge in [0.05, 0.1) is 6.54 Å². The molecular weight excluding hydrogens is 404 g/mol. The third kappa shape index (κ3) is 5.04. The Balaban J connectivity index is 1.89. The fraction of sp³-hybridized carbons (Fsp3) is 0.158. The smallest absolute Gasteiger partial charge is 0.246 e. The molecule has 0 spiro atoms. The van der Waals surface area contributed by atoms with Gasteiger partial charge in [-0.1, -0.05) is 29.4 Å². The Hall–Kier alpha value is -3.11. The second kappa shape index (κ2) is 8.50. The maximum absolute atomic E-state index is 14.1. The highest BCUT2D eigenvalue weighted by atomic mass is 32.2. The van der Waals surface area contributed by atoms with E-state index in [0.717, 1.165) is 16.4 Å². The molecule has 2 aromatic carbocycles. The maximum Gasteiger partial charge on any atom is 0.246 e. The average molecular weight is 421 g/mol. The molecule has 1 aromatic heterocycles. The van der Waals surface area contributed by atoms with Gasteiger partial charge in [0.1, 0.15) is 22.3 Å². The van der Waals surface area contributed by atoms with Crippen LogP contribution < -0.4 is 5.32 Å². The van der Waals surface area contributed by atoms with Crippen molar-refractivity contribution in [3.05, 3.63) is 77.6 Å². The lowest BCUT2D eigenvalue weighted by molar-refractivity contribution is -0.116. The van der Waals surface area contributed by atoms with E-state index in [1.54, 1.807) is 6.92 Å². The summed E-state index contributed by atoms with van der Waals surface area (Å²) in [4.78, 5) is 11.8. The van der Waals surface area contributed by atoms with Crippen LogP contribution in [0.3, 0.4) is 0 Å². The minimum atomic E-state index is -4.36. The standard InChI is InChI=1S/C19H17F2N3O4S/c1-13-10-18(23-28-13)22-19(25)12-24(11-14-6-8-15(20)9-7-14)29(26,27)17-5-3-2-4-16(17)21/h2-10H,11-12H2,1H3,(H,22,23,25). The largest absolute Gasteiger partial charge is 0.360 e. The Morgan fingerprint density at radius 2 is 1.83 bits per heavy atom. The summed E-state index contributed by atoms with van der Waals surface area (Å²) in [5, 5.41) is 6.04. The number of nitrogens with one attached hydrogen (secondary N) is 1. The molecular formula is C19H17F2N3O4S. The highest BCUT2D eigenvalue weighted by Crippen LogP contribution is 2.21. The lowest BCUT2D eigenvalue weighted by atomic mass is 10.2. The third-order valence-corrected chi connectivity index (χ3v) is 5.77. The minimum Gasteiger partial charge on any atom is -0.360 e. The van der Waals surface area contributed by atoms with Gasteiger partial charge in [-0.25, -0.2) is 17.2 Å². The van der Waals surface area contributed by atoms with Crippen LogP contribution in [0.2, 0.25) is 0 Å². The highest BCUT2D eigenvalue weighted by molar-refractivity contribution is 7.89. The topological polar surface area (TPSA) is 92.5 Å². The van der Waals surface area contributed by atoms with Gasteiger partial charge in [0, 0.05) is 12.6 Å². The van der Waals surface area contributed by atoms with Crippen LogP contribution in [0.15, 0.2) is 64.0 Å². The van der Waals surface area contributed by atoms with Crippen LogP contribution in [0.1, 0.15) is 11.3 Å². The number of hydrogen-bond donors (Lipinski definition) is 1. The first-order valence-corrected chi connectivity index (χ1v) is 9.92. The van der Waals surface area contributed by atoms with Crippen molar-refractivity contribution in [3.63, 3.8) is 0 Å². The molecule has 1 amide bonds. The zero-order chi connectivity index (χ0) is 21.0. The van der Waals surface area contributed by atoms with E-state index in [0.29, 0.717) is 11.3 Å². The lowest BCUT2D eigenvalue weighted by Crippen LogP contribution is -2.38. The number of aryl methyl sites for hydroxylation is 1. The maximum atomic E-state index is 14.1. The van der Waals surface area contributed by atoms with Crippen molar-refractivity contribution < 1.29 is 26.5 Å². The lowest BCUT2D eigenvalue weighted by Gasteiger charge is -2.22. The second-order valence-electron chi connectivity index (χ2n) is 6.20. The van der Waals surface area contributed by atoms with E-state index < -0.39 is 39.0 Å². The van der Waals surface area contributed by atoms with Crippen LogP contribution in [0.5, 0.6) is 0 Å². The van der Waals surface area contributed by atoms with Gasteiger partial charge in [-0.15, -0.1) is 0 Å². The summed E-state index contributed by atoms with van der Waals surface area (Å²) < 4.78 is 59.0. The first kappa shape index (κ1) is 20.6. The molecule has 0 saturated carbocycles. The molecule has 0 saturated heterocycles. The Bertz CT molecular complexity index is 1110. The van der Waals surface area contributed by atoms with Crippen molar-refractivity contribution in [3.8, 4) is 0 Å². The highest BCUT2D eigenvalue weighted by Gasteiger charge is 2.29. The van der Waals surface area contributed by atoms with Gasteiger partial charge in [0.25, 0.3) is 0 Å². The Morgan fingerprint density at radius 1 is 1.14 bits per heavy atom. The molecule has 3 rings (SSSR count). The molecule has 29 heavy (non-hydrogen) atoms. The number of aromatic nitrogens is 1. The van der Waals surface area contributed by atoms with Crippen LogP contribution in [-0.2, 0) is 21.4 Å². The number of sulfonamides is 1. The summed E-state index contributed by atoms with van der Waals surface area (Å²) >= 11 is 0. The van der Waals surface area contributed by atoms with Crippen LogP contribution in [-0.4, -0.2) is 30.3 Å². The molecule has 0 aliphatic heterocycles. The molecule has 7 nitrogen and oxygen atoms in total. The summed E-state index contributed by atoms with van der Waals surface area (Å²) in [6.07, 6.45) is 0. The monoisotopic (exact) mass is 421 g/mol. The Kier molecular flexibility index (Phi) is 6.04. The summed E-state index contributed by atoms with van der Waals surface area (Å²) in [5.41, 5.74) is 0.427. The predicted molar refractivity (Wildman–Crippen MR) is 100 cm³/mol. The number of benzene rings is 2. The van der Waals surface area contributed by atoms with Crippen LogP contribution in [0.25, 0.3) is 0 Å². The quantitative estimate of drug-likeness (QED) is 0.633.